The van der Waals surface area contributed by atoms with Crippen LogP contribution in [0.25, 0.3) is 0 Å². The van der Waals surface area contributed by atoms with Crippen LogP contribution in [-0.2, 0) is 4.74 Å². The first-order chi connectivity index (χ1) is 11.6. The van der Waals surface area contributed by atoms with E-state index in [1.54, 1.807) is 49.4 Å². The lowest BCUT2D eigenvalue weighted by Gasteiger charge is -2.14. The molecule has 0 heterocycles. The van der Waals surface area contributed by atoms with E-state index in [0.29, 0.717) is 34.1 Å². The van der Waals surface area contributed by atoms with Gasteiger partial charge in [0.05, 0.1) is 34.1 Å². The summed E-state index contributed by atoms with van der Waals surface area (Å²) in [6.45, 7) is 4.65. The first kappa shape index (κ1) is 17.8. The lowest BCUT2D eigenvalue weighted by molar-refractivity contribution is 0.0526. The van der Waals surface area contributed by atoms with Crippen molar-refractivity contribution in [2.75, 3.05) is 23.8 Å². The topological polar surface area (TPSA) is 67.4 Å². The van der Waals surface area contributed by atoms with E-state index in [0.717, 1.165) is 0 Å². The van der Waals surface area contributed by atoms with Crippen LogP contribution in [0.5, 0.6) is 0 Å². The van der Waals surface area contributed by atoms with Crippen LogP contribution in [0.3, 0.4) is 0 Å². The third-order valence-corrected chi connectivity index (χ3v) is 3.59. The molecule has 0 atom stereocenters. The molecule has 0 saturated carbocycles. The summed E-state index contributed by atoms with van der Waals surface area (Å²) in [6, 6.07) is 11.8. The summed E-state index contributed by atoms with van der Waals surface area (Å²) in [5.74, 6) is -0.783. The van der Waals surface area contributed by atoms with E-state index in [9.17, 15) is 9.59 Å². The summed E-state index contributed by atoms with van der Waals surface area (Å²) in [4.78, 5) is 24.4. The average Bonchev–Trinajstić information content (AvgIpc) is 2.57. The molecule has 24 heavy (non-hydrogen) atoms. The van der Waals surface area contributed by atoms with Gasteiger partial charge < -0.3 is 15.4 Å². The molecule has 0 bridgehead atoms. The number of benzene rings is 2. The zero-order valence-corrected chi connectivity index (χ0v) is 14.3. The van der Waals surface area contributed by atoms with Crippen molar-refractivity contribution in [3.05, 3.63) is 58.6 Å². The van der Waals surface area contributed by atoms with E-state index in [4.69, 9.17) is 16.3 Å². The van der Waals surface area contributed by atoms with Gasteiger partial charge in [-0.15, -0.1) is 0 Å². The molecule has 0 aliphatic rings. The summed E-state index contributed by atoms with van der Waals surface area (Å²) in [7, 11) is 0. The number of carbonyl (C=O) groups is 2. The molecule has 0 fully saturated rings. The van der Waals surface area contributed by atoms with Crippen LogP contribution in [0.15, 0.2) is 42.5 Å². The molecule has 0 unspecified atom stereocenters. The standard InChI is InChI=1S/C18H19ClN2O3/c1-3-20-15-10-9-12(18(23)24-4-2)11-16(15)21-17(22)13-7-5-6-8-14(13)19/h5-11,20H,3-4H2,1-2H3,(H,21,22). The molecule has 2 aromatic carbocycles. The molecule has 2 N–H and O–H groups in total. The minimum absolute atomic E-state index is 0.287. The van der Waals surface area contributed by atoms with Crippen LogP contribution in [0.2, 0.25) is 5.02 Å². The number of anilines is 2. The Morgan fingerprint density at radius 3 is 2.50 bits per heavy atom. The van der Waals surface area contributed by atoms with Gasteiger partial charge in [-0.05, 0) is 44.2 Å². The molecule has 0 aliphatic carbocycles. The van der Waals surface area contributed by atoms with Gasteiger partial charge >= 0.3 is 5.97 Å². The molecule has 0 aliphatic heterocycles. The van der Waals surface area contributed by atoms with Gasteiger partial charge in [0.15, 0.2) is 0 Å². The Morgan fingerprint density at radius 1 is 1.08 bits per heavy atom. The zero-order chi connectivity index (χ0) is 17.5. The van der Waals surface area contributed by atoms with E-state index in [2.05, 4.69) is 10.6 Å². The summed E-state index contributed by atoms with van der Waals surface area (Å²) in [6.07, 6.45) is 0. The lowest BCUT2D eigenvalue weighted by atomic mass is 10.1. The van der Waals surface area contributed by atoms with E-state index in [-0.39, 0.29) is 12.5 Å². The average molecular weight is 347 g/mol. The number of esters is 1. The van der Waals surface area contributed by atoms with Crippen molar-refractivity contribution >= 4 is 34.9 Å². The second-order valence-electron chi connectivity index (χ2n) is 4.95. The summed E-state index contributed by atoms with van der Waals surface area (Å²) in [5.41, 5.74) is 1.94. The Morgan fingerprint density at radius 2 is 1.83 bits per heavy atom. The van der Waals surface area contributed by atoms with E-state index in [1.807, 2.05) is 6.92 Å². The number of nitrogens with one attached hydrogen (secondary N) is 2. The van der Waals surface area contributed by atoms with Gasteiger partial charge in [-0.25, -0.2) is 4.79 Å². The van der Waals surface area contributed by atoms with Gasteiger partial charge in [-0.3, -0.25) is 4.79 Å². The number of hydrogen-bond donors (Lipinski definition) is 2. The summed E-state index contributed by atoms with van der Waals surface area (Å²) >= 11 is 6.06. The highest BCUT2D eigenvalue weighted by Crippen LogP contribution is 2.25. The normalized spacial score (nSPS) is 10.1. The molecular weight excluding hydrogens is 328 g/mol. The Balaban J connectivity index is 2.32. The van der Waals surface area contributed by atoms with Crippen molar-refractivity contribution in [2.45, 2.75) is 13.8 Å². The van der Waals surface area contributed by atoms with Gasteiger partial charge in [-0.1, -0.05) is 23.7 Å². The Hall–Kier alpha value is -2.53. The quantitative estimate of drug-likeness (QED) is 0.769. The van der Waals surface area contributed by atoms with Gasteiger partial charge in [0.2, 0.25) is 0 Å². The first-order valence-electron chi connectivity index (χ1n) is 7.67. The predicted molar refractivity (Wildman–Crippen MR) is 96.0 cm³/mol. The highest BCUT2D eigenvalue weighted by molar-refractivity contribution is 6.34. The number of ether oxygens (including phenoxy) is 1. The molecule has 126 valence electrons. The van der Waals surface area contributed by atoms with Crippen molar-refractivity contribution in [2.24, 2.45) is 0 Å². The van der Waals surface area contributed by atoms with Gasteiger partial charge in [0.1, 0.15) is 0 Å². The van der Waals surface area contributed by atoms with Gasteiger partial charge in [0.25, 0.3) is 5.91 Å². The fourth-order valence-electron chi connectivity index (χ4n) is 2.17. The van der Waals surface area contributed by atoms with Crippen molar-refractivity contribution in [3.8, 4) is 0 Å². The van der Waals surface area contributed by atoms with Crippen LogP contribution in [0, 0.1) is 0 Å². The third kappa shape index (κ3) is 4.26. The molecule has 0 radical (unpaired) electrons. The second-order valence-corrected chi connectivity index (χ2v) is 5.35. The van der Waals surface area contributed by atoms with E-state index < -0.39 is 5.97 Å². The van der Waals surface area contributed by atoms with Crippen molar-refractivity contribution < 1.29 is 14.3 Å². The lowest BCUT2D eigenvalue weighted by Crippen LogP contribution is -2.15. The minimum Gasteiger partial charge on any atom is -0.462 e. The largest absolute Gasteiger partial charge is 0.462 e. The smallest absolute Gasteiger partial charge is 0.338 e. The maximum absolute atomic E-state index is 12.5. The van der Waals surface area contributed by atoms with Crippen molar-refractivity contribution in [1.29, 1.82) is 0 Å². The van der Waals surface area contributed by atoms with Gasteiger partial charge in [-0.2, -0.15) is 0 Å². The monoisotopic (exact) mass is 346 g/mol. The van der Waals surface area contributed by atoms with E-state index in [1.165, 1.54) is 0 Å². The minimum atomic E-state index is -0.436. The first-order valence-corrected chi connectivity index (χ1v) is 8.05. The number of amides is 1. The third-order valence-electron chi connectivity index (χ3n) is 3.26. The maximum atomic E-state index is 12.5. The second kappa shape index (κ2) is 8.36. The summed E-state index contributed by atoms with van der Waals surface area (Å²) in [5, 5.41) is 6.30. The molecule has 2 aromatic rings. The Kier molecular flexibility index (Phi) is 6.21. The number of halogens is 1. The molecule has 0 aromatic heterocycles. The summed E-state index contributed by atoms with van der Waals surface area (Å²) < 4.78 is 5.00. The number of rotatable bonds is 6. The maximum Gasteiger partial charge on any atom is 0.338 e. The highest BCUT2D eigenvalue weighted by Gasteiger charge is 2.15. The Labute approximate surface area is 146 Å². The molecule has 0 spiro atoms. The number of hydrogen-bond acceptors (Lipinski definition) is 4. The van der Waals surface area contributed by atoms with Crippen molar-refractivity contribution in [3.63, 3.8) is 0 Å². The Bertz CT molecular complexity index is 747. The van der Waals surface area contributed by atoms with Crippen LogP contribution in [0.4, 0.5) is 11.4 Å². The SMILES string of the molecule is CCNc1ccc(C(=O)OCC)cc1NC(=O)c1ccccc1Cl. The van der Waals surface area contributed by atoms with Crippen molar-refractivity contribution in [1.82, 2.24) is 0 Å². The van der Waals surface area contributed by atoms with Crippen LogP contribution < -0.4 is 10.6 Å². The fourth-order valence-corrected chi connectivity index (χ4v) is 2.39. The molecule has 2 rings (SSSR count). The molecule has 0 saturated heterocycles. The van der Waals surface area contributed by atoms with Crippen LogP contribution in [0.1, 0.15) is 34.6 Å². The molecule has 1 amide bonds. The zero-order valence-electron chi connectivity index (χ0n) is 13.6. The van der Waals surface area contributed by atoms with E-state index >= 15 is 0 Å². The van der Waals surface area contributed by atoms with Gasteiger partial charge in [0, 0.05) is 6.54 Å². The predicted octanol–water partition coefficient (Wildman–Crippen LogP) is 4.20. The van der Waals surface area contributed by atoms with Crippen LogP contribution in [-0.4, -0.2) is 25.0 Å². The molecular formula is C18H19ClN2O3. The fraction of sp³-hybridized carbons (Fsp3) is 0.222. The van der Waals surface area contributed by atoms with Crippen LogP contribution >= 0.6 is 11.6 Å². The molecule has 6 heteroatoms. The number of carbonyl (C=O) groups excluding carboxylic acids is 2. The molecule has 5 nitrogen and oxygen atoms in total. The highest BCUT2D eigenvalue weighted by atomic mass is 35.5.